The van der Waals surface area contributed by atoms with Crippen LogP contribution in [0.25, 0.3) is 64.6 Å². The summed E-state index contributed by atoms with van der Waals surface area (Å²) < 4.78 is 0. The average molecular weight is 1020 g/mol. The number of thiol groups is 4. The Labute approximate surface area is 443 Å². The highest BCUT2D eigenvalue weighted by Gasteiger charge is 2.07. The van der Waals surface area contributed by atoms with Crippen molar-refractivity contribution >= 4 is 115 Å². The second kappa shape index (κ2) is 24.8. The van der Waals surface area contributed by atoms with Gasteiger partial charge >= 0.3 is 0 Å². The van der Waals surface area contributed by atoms with Crippen molar-refractivity contribution in [3.05, 3.63) is 241 Å². The molecular weight excluding hydrogens is 961 g/mol. The molecule has 0 bridgehead atoms. The molecule has 0 atom stereocenters. The summed E-state index contributed by atoms with van der Waals surface area (Å²) in [4.78, 5) is 3.98. The van der Waals surface area contributed by atoms with E-state index in [1.54, 1.807) is 18.2 Å². The van der Waals surface area contributed by atoms with Crippen LogP contribution in [0.4, 0.5) is 0 Å². The number of hydrogen-bond acceptors (Lipinski definition) is 8. The van der Waals surface area contributed by atoms with Crippen molar-refractivity contribution in [1.82, 2.24) is 0 Å². The number of aryl methyl sites for hydroxylation is 4. The minimum absolute atomic E-state index is 0.0880. The van der Waals surface area contributed by atoms with Crippen LogP contribution in [0.1, 0.15) is 22.3 Å². The summed E-state index contributed by atoms with van der Waals surface area (Å²) in [7, 11) is 0. The first-order valence-corrected chi connectivity index (χ1v) is 25.0. The second-order valence-electron chi connectivity index (χ2n) is 17.2. The number of fused-ring (bicyclic) bond motifs is 8. The molecule has 8 heteroatoms. The van der Waals surface area contributed by atoms with Gasteiger partial charge in [-0.1, -0.05) is 146 Å². The molecule has 0 saturated carbocycles. The van der Waals surface area contributed by atoms with Gasteiger partial charge in [0.05, 0.1) is 0 Å². The van der Waals surface area contributed by atoms with Crippen LogP contribution in [-0.2, 0) is 0 Å². The van der Waals surface area contributed by atoms with Crippen molar-refractivity contribution in [3.8, 4) is 23.0 Å². The Balaban J connectivity index is 0.000000129. The average Bonchev–Trinajstić information content (AvgIpc) is 3.35. The number of rotatable bonds is 0. The van der Waals surface area contributed by atoms with E-state index < -0.39 is 0 Å². The first-order chi connectivity index (χ1) is 34.7. The van der Waals surface area contributed by atoms with E-state index in [1.165, 1.54) is 83.5 Å². The quantitative estimate of drug-likeness (QED) is 0.0575. The lowest BCUT2D eigenvalue weighted by atomic mass is 9.98. The Hall–Kier alpha value is -7.20. The van der Waals surface area contributed by atoms with E-state index in [9.17, 15) is 10.2 Å². The molecule has 360 valence electrons. The third kappa shape index (κ3) is 13.6. The van der Waals surface area contributed by atoms with Crippen LogP contribution in [0.5, 0.6) is 23.0 Å². The lowest BCUT2D eigenvalue weighted by molar-refractivity contribution is 0.450. The van der Waals surface area contributed by atoms with Crippen LogP contribution < -0.4 is 0 Å². The maximum atomic E-state index is 9.96. The van der Waals surface area contributed by atoms with E-state index >= 15 is 0 Å². The molecule has 0 aliphatic rings. The summed E-state index contributed by atoms with van der Waals surface area (Å²) in [5.41, 5.74) is 5.13. The van der Waals surface area contributed by atoms with Gasteiger partial charge in [0.2, 0.25) is 0 Å². The zero-order valence-corrected chi connectivity index (χ0v) is 43.9. The number of phenolic OH excluding ortho intramolecular Hbond substituents is 4. The van der Waals surface area contributed by atoms with Crippen molar-refractivity contribution in [1.29, 1.82) is 0 Å². The number of hydrogen-bond donors (Lipinski definition) is 8. The van der Waals surface area contributed by atoms with Gasteiger partial charge < -0.3 is 20.4 Å². The summed E-state index contributed by atoms with van der Waals surface area (Å²) >= 11 is 17.1. The molecule has 12 aromatic rings. The fraction of sp³-hybridized carbons (Fsp3) is 0.0625. The van der Waals surface area contributed by atoms with E-state index in [4.69, 9.17) is 10.2 Å². The zero-order chi connectivity index (χ0) is 51.3. The van der Waals surface area contributed by atoms with Crippen LogP contribution in [0.3, 0.4) is 0 Å². The third-order valence-electron chi connectivity index (χ3n) is 12.0. The van der Waals surface area contributed by atoms with Gasteiger partial charge in [-0.15, -0.1) is 50.5 Å². The highest BCUT2D eigenvalue weighted by atomic mass is 32.1. The van der Waals surface area contributed by atoms with Gasteiger partial charge in [-0.3, -0.25) is 0 Å². The molecule has 72 heavy (non-hydrogen) atoms. The van der Waals surface area contributed by atoms with Gasteiger partial charge in [-0.2, -0.15) is 0 Å². The van der Waals surface area contributed by atoms with E-state index in [1.807, 2.05) is 84.9 Å². The zero-order valence-electron chi connectivity index (χ0n) is 40.4. The lowest BCUT2D eigenvalue weighted by Gasteiger charge is -2.08. The van der Waals surface area contributed by atoms with Crippen LogP contribution in [0.2, 0.25) is 0 Å². The number of phenols is 4. The first kappa shape index (κ1) is 52.6. The minimum atomic E-state index is 0.0880. The molecule has 0 radical (unpaired) electrons. The molecule has 0 heterocycles. The maximum Gasteiger partial charge on any atom is 0.124 e. The largest absolute Gasteiger partial charge is 0.508 e. The molecule has 0 spiro atoms. The monoisotopic (exact) mass is 1020 g/mol. The molecule has 0 aliphatic heterocycles. The predicted molar refractivity (Wildman–Crippen MR) is 318 cm³/mol. The maximum absolute atomic E-state index is 9.96. The van der Waals surface area contributed by atoms with E-state index in [0.717, 1.165) is 41.1 Å². The van der Waals surface area contributed by atoms with Gasteiger partial charge in [0, 0.05) is 31.0 Å². The molecule has 0 saturated heterocycles. The van der Waals surface area contributed by atoms with Gasteiger partial charge in [0.15, 0.2) is 0 Å². The highest BCUT2D eigenvalue weighted by molar-refractivity contribution is 7.81. The fourth-order valence-corrected chi connectivity index (χ4v) is 9.61. The second-order valence-corrected chi connectivity index (χ2v) is 19.3. The standard InChI is InChI=1S/C15H12O.C15H12S.C11H10O.C11H10S.C6H6O2.C6H6S2/c2*1-10-5-4-6-11-9-14(16)12-7-2-3-8-13(12)15(10)11;2*1-8-3-2-4-9-7-10(12)5-6-11(8)9;2*7-5-2-1-3-6(8)4-5/h2*2-9,16H,1H3;2*2-7,12H,1H3;2*1-4,7-8H. The van der Waals surface area contributed by atoms with Crippen molar-refractivity contribution in [2.24, 2.45) is 0 Å². The number of benzene rings is 12. The Morgan fingerprint density at radius 3 is 1.18 bits per heavy atom. The van der Waals surface area contributed by atoms with Crippen molar-refractivity contribution in [3.63, 3.8) is 0 Å². The number of aromatic hydroxyl groups is 4. The molecule has 0 aliphatic carbocycles. The Bertz CT molecular complexity index is 3530. The highest BCUT2D eigenvalue weighted by Crippen LogP contribution is 2.35. The van der Waals surface area contributed by atoms with Crippen LogP contribution in [-0.4, -0.2) is 20.4 Å². The lowest BCUT2D eigenvalue weighted by Crippen LogP contribution is -1.83. The third-order valence-corrected chi connectivity index (χ3v) is 13.2. The normalized spacial score (nSPS) is 10.4. The van der Waals surface area contributed by atoms with E-state index in [2.05, 4.69) is 175 Å². The molecule has 12 rings (SSSR count). The summed E-state index contributed by atoms with van der Waals surface area (Å²) in [6, 6.07) is 70.5. The van der Waals surface area contributed by atoms with Gasteiger partial charge in [-0.05, 0) is 176 Å². The molecule has 0 aromatic heterocycles. The van der Waals surface area contributed by atoms with Gasteiger partial charge in [0.25, 0.3) is 0 Å². The fourth-order valence-electron chi connectivity index (χ4n) is 8.51. The topological polar surface area (TPSA) is 80.9 Å². The summed E-state index contributed by atoms with van der Waals surface area (Å²) in [6.45, 7) is 8.46. The smallest absolute Gasteiger partial charge is 0.124 e. The SMILES string of the molecule is Cc1cccc2cc(O)c3ccccc3c12.Cc1cccc2cc(O)ccc12.Cc1cccc2cc(S)c3ccccc3c12.Cc1cccc2cc(S)ccc12.Oc1cccc(O)c1.Sc1cccc(S)c1. The molecule has 12 aromatic carbocycles. The van der Waals surface area contributed by atoms with Crippen molar-refractivity contribution in [2.45, 2.75) is 47.3 Å². The summed E-state index contributed by atoms with van der Waals surface area (Å²) in [6.07, 6.45) is 0. The summed E-state index contributed by atoms with van der Waals surface area (Å²) in [5, 5.41) is 50.9. The predicted octanol–water partition coefficient (Wildman–Crippen LogP) is 18.2. The molecular formula is C64H56O4S4. The van der Waals surface area contributed by atoms with E-state index in [0.29, 0.717) is 11.5 Å². The van der Waals surface area contributed by atoms with Crippen molar-refractivity contribution in [2.75, 3.05) is 0 Å². The molecule has 0 amide bonds. The first-order valence-electron chi connectivity index (χ1n) is 23.2. The summed E-state index contributed by atoms with van der Waals surface area (Å²) in [5.74, 6) is 0.858. The van der Waals surface area contributed by atoms with Crippen LogP contribution in [0.15, 0.2) is 238 Å². The molecule has 4 N–H and O–H groups in total. The van der Waals surface area contributed by atoms with Gasteiger partial charge in [0.1, 0.15) is 23.0 Å². The Morgan fingerprint density at radius 1 is 0.264 bits per heavy atom. The molecule has 4 nitrogen and oxygen atoms in total. The minimum Gasteiger partial charge on any atom is -0.508 e. The van der Waals surface area contributed by atoms with E-state index in [-0.39, 0.29) is 11.5 Å². The van der Waals surface area contributed by atoms with Gasteiger partial charge in [-0.25, -0.2) is 0 Å². The Morgan fingerprint density at radius 2 is 0.667 bits per heavy atom. The van der Waals surface area contributed by atoms with Crippen LogP contribution in [0, 0.1) is 27.7 Å². The Kier molecular flexibility index (Phi) is 18.1. The van der Waals surface area contributed by atoms with Crippen LogP contribution >= 0.6 is 50.5 Å². The molecule has 0 unspecified atom stereocenters. The van der Waals surface area contributed by atoms with Crippen molar-refractivity contribution < 1.29 is 20.4 Å². The molecule has 0 fully saturated rings.